The van der Waals surface area contributed by atoms with Crippen molar-refractivity contribution in [3.8, 4) is 0 Å². The predicted molar refractivity (Wildman–Crippen MR) is 45.7 cm³/mol. The van der Waals surface area contributed by atoms with Crippen LogP contribution in [0.15, 0.2) is 6.20 Å². The fraction of sp³-hybridized carbons (Fsp3) is 0.167. The summed E-state index contributed by atoms with van der Waals surface area (Å²) in [5.74, 6) is 0.350. The molecule has 0 saturated carbocycles. The highest BCUT2D eigenvalue weighted by Gasteiger charge is 2.07. The van der Waals surface area contributed by atoms with Gasteiger partial charge in [-0.1, -0.05) is 11.6 Å². The maximum Gasteiger partial charge on any atom is 0.178 e. The van der Waals surface area contributed by atoms with Crippen LogP contribution in [-0.4, -0.2) is 19.7 Å². The molecular weight excluding hydrogens is 178 g/mol. The van der Waals surface area contributed by atoms with Gasteiger partial charge in [0.25, 0.3) is 0 Å². The van der Waals surface area contributed by atoms with E-state index >= 15 is 0 Å². The van der Waals surface area contributed by atoms with Crippen molar-refractivity contribution in [3.63, 3.8) is 0 Å². The highest BCUT2D eigenvalue weighted by Crippen LogP contribution is 2.16. The highest BCUT2D eigenvalue weighted by atomic mass is 35.5. The second-order valence-corrected chi connectivity index (χ2v) is 2.76. The van der Waals surface area contributed by atoms with E-state index in [1.54, 1.807) is 11.7 Å². The van der Waals surface area contributed by atoms with Crippen molar-refractivity contribution in [3.05, 3.63) is 11.3 Å². The first kappa shape index (κ1) is 7.30. The molecule has 0 atom stereocenters. The number of fused-ring (bicyclic) bond motifs is 1. The number of hydrogen-bond donors (Lipinski definition) is 1. The number of nitrogens with zero attached hydrogens (tertiary/aromatic N) is 4. The molecule has 0 spiro atoms. The largest absolute Gasteiger partial charge is 0.380 e. The quantitative estimate of drug-likeness (QED) is 0.650. The maximum atomic E-state index is 5.63. The van der Waals surface area contributed by atoms with Crippen LogP contribution >= 0.6 is 11.6 Å². The Morgan fingerprint density at radius 2 is 2.33 bits per heavy atom. The Balaban J connectivity index is 2.90. The molecule has 0 aliphatic heterocycles. The molecule has 0 aliphatic rings. The molecule has 0 bridgehead atoms. The van der Waals surface area contributed by atoms with Gasteiger partial charge in [0, 0.05) is 7.05 Å². The molecule has 12 heavy (non-hydrogen) atoms. The number of anilines is 1. The second kappa shape index (κ2) is 2.31. The average molecular weight is 184 g/mol. The molecule has 0 saturated heterocycles. The van der Waals surface area contributed by atoms with Crippen LogP contribution < -0.4 is 5.73 Å². The van der Waals surface area contributed by atoms with E-state index in [1.165, 1.54) is 6.20 Å². The third kappa shape index (κ3) is 0.902. The van der Waals surface area contributed by atoms with Gasteiger partial charge in [-0.2, -0.15) is 5.10 Å². The molecule has 5 nitrogen and oxygen atoms in total. The van der Waals surface area contributed by atoms with Crippen molar-refractivity contribution in [1.29, 1.82) is 0 Å². The van der Waals surface area contributed by atoms with Gasteiger partial charge in [-0.3, -0.25) is 0 Å². The van der Waals surface area contributed by atoms with Gasteiger partial charge in [0.05, 0.1) is 6.20 Å². The zero-order chi connectivity index (χ0) is 8.72. The van der Waals surface area contributed by atoms with E-state index in [9.17, 15) is 0 Å². The SMILES string of the molecule is Cn1nc(N)c2nc(Cl)cnc21. The molecule has 0 fully saturated rings. The Morgan fingerprint density at radius 3 is 3.08 bits per heavy atom. The van der Waals surface area contributed by atoms with E-state index in [0.29, 0.717) is 22.1 Å². The van der Waals surface area contributed by atoms with Gasteiger partial charge >= 0.3 is 0 Å². The van der Waals surface area contributed by atoms with Crippen molar-refractivity contribution >= 4 is 28.6 Å². The second-order valence-electron chi connectivity index (χ2n) is 2.37. The van der Waals surface area contributed by atoms with E-state index in [0.717, 1.165) is 0 Å². The van der Waals surface area contributed by atoms with Crippen molar-refractivity contribution < 1.29 is 0 Å². The topological polar surface area (TPSA) is 69.6 Å². The van der Waals surface area contributed by atoms with Crippen LogP contribution in [0.25, 0.3) is 11.2 Å². The molecule has 0 radical (unpaired) electrons. The lowest BCUT2D eigenvalue weighted by Gasteiger charge is -1.90. The first-order chi connectivity index (χ1) is 5.68. The molecule has 2 N–H and O–H groups in total. The number of aryl methyl sites for hydroxylation is 1. The zero-order valence-electron chi connectivity index (χ0n) is 6.32. The minimum absolute atomic E-state index is 0.321. The maximum absolute atomic E-state index is 5.63. The molecule has 0 aromatic carbocycles. The molecule has 6 heteroatoms. The number of halogens is 1. The molecule has 0 amide bonds. The van der Waals surface area contributed by atoms with Gasteiger partial charge in [-0.25, -0.2) is 14.6 Å². The van der Waals surface area contributed by atoms with Crippen molar-refractivity contribution in [1.82, 2.24) is 19.7 Å². The molecule has 0 unspecified atom stereocenters. The zero-order valence-corrected chi connectivity index (χ0v) is 7.08. The van der Waals surface area contributed by atoms with Crippen LogP contribution in [0.1, 0.15) is 0 Å². The van der Waals surface area contributed by atoms with Crippen molar-refractivity contribution in [2.24, 2.45) is 7.05 Å². The Morgan fingerprint density at radius 1 is 1.58 bits per heavy atom. The highest BCUT2D eigenvalue weighted by molar-refractivity contribution is 6.29. The van der Waals surface area contributed by atoms with E-state index < -0.39 is 0 Å². The minimum Gasteiger partial charge on any atom is -0.380 e. The third-order valence-electron chi connectivity index (χ3n) is 1.53. The first-order valence-corrected chi connectivity index (χ1v) is 3.67. The van der Waals surface area contributed by atoms with Crippen LogP contribution in [0.5, 0.6) is 0 Å². The van der Waals surface area contributed by atoms with Gasteiger partial charge in [0.1, 0.15) is 5.15 Å². The predicted octanol–water partition coefficient (Wildman–Crippen LogP) is 0.599. The minimum atomic E-state index is 0.321. The summed E-state index contributed by atoms with van der Waals surface area (Å²) in [5, 5.41) is 4.26. The Bertz CT molecular complexity index is 435. The fourth-order valence-corrected chi connectivity index (χ4v) is 1.16. The van der Waals surface area contributed by atoms with Crippen LogP contribution in [0.2, 0.25) is 5.15 Å². The summed E-state index contributed by atoms with van der Waals surface area (Å²) in [6.45, 7) is 0. The lowest BCUT2D eigenvalue weighted by atomic mass is 10.5. The molecule has 2 aromatic heterocycles. The lowest BCUT2D eigenvalue weighted by Crippen LogP contribution is -1.92. The number of nitrogen functional groups attached to an aromatic ring is 1. The Hall–Kier alpha value is -1.36. The van der Waals surface area contributed by atoms with Crippen molar-refractivity contribution in [2.75, 3.05) is 5.73 Å². The summed E-state index contributed by atoms with van der Waals surface area (Å²) in [4.78, 5) is 8.02. The van der Waals surface area contributed by atoms with Gasteiger partial charge < -0.3 is 5.73 Å². The third-order valence-corrected chi connectivity index (χ3v) is 1.71. The van der Waals surface area contributed by atoms with E-state index in [1.807, 2.05) is 0 Å². The monoisotopic (exact) mass is 183 g/mol. The smallest absolute Gasteiger partial charge is 0.178 e. The number of nitrogens with two attached hydrogens (primary N) is 1. The Labute approximate surface area is 73.2 Å². The summed E-state index contributed by atoms with van der Waals surface area (Å²) in [5.41, 5.74) is 6.74. The number of aromatic nitrogens is 4. The standard InChI is InChI=1S/C6H6ClN5/c1-12-6-4(5(8)11-12)10-3(7)2-9-6/h2H,1H3,(H2,8,11). The van der Waals surface area contributed by atoms with Crippen LogP contribution in [0.3, 0.4) is 0 Å². The molecular formula is C6H6ClN5. The molecule has 2 heterocycles. The van der Waals surface area contributed by atoms with Gasteiger partial charge in [0.2, 0.25) is 0 Å². The normalized spacial score (nSPS) is 10.8. The number of rotatable bonds is 0. The summed E-state index contributed by atoms with van der Waals surface area (Å²) in [6.07, 6.45) is 1.46. The van der Waals surface area contributed by atoms with Crippen LogP contribution in [-0.2, 0) is 7.05 Å². The lowest BCUT2D eigenvalue weighted by molar-refractivity contribution is 0.791. The van der Waals surface area contributed by atoms with E-state index in [4.69, 9.17) is 17.3 Å². The molecule has 62 valence electrons. The molecule has 0 aliphatic carbocycles. The molecule has 2 rings (SSSR count). The van der Waals surface area contributed by atoms with Gasteiger partial charge in [-0.15, -0.1) is 0 Å². The van der Waals surface area contributed by atoms with E-state index in [-0.39, 0.29) is 0 Å². The fourth-order valence-electron chi connectivity index (χ4n) is 1.03. The summed E-state index contributed by atoms with van der Waals surface area (Å²) < 4.78 is 1.56. The van der Waals surface area contributed by atoms with Crippen LogP contribution in [0, 0.1) is 0 Å². The first-order valence-electron chi connectivity index (χ1n) is 3.29. The van der Waals surface area contributed by atoms with Gasteiger partial charge in [-0.05, 0) is 0 Å². The molecule has 2 aromatic rings. The van der Waals surface area contributed by atoms with E-state index in [2.05, 4.69) is 15.1 Å². The summed E-state index contributed by atoms with van der Waals surface area (Å²) in [7, 11) is 1.75. The summed E-state index contributed by atoms with van der Waals surface area (Å²) >= 11 is 5.63. The van der Waals surface area contributed by atoms with Crippen molar-refractivity contribution in [2.45, 2.75) is 0 Å². The van der Waals surface area contributed by atoms with Gasteiger partial charge in [0.15, 0.2) is 17.0 Å². The average Bonchev–Trinajstić information content (AvgIpc) is 2.28. The Kier molecular flexibility index (Phi) is 1.41. The van der Waals surface area contributed by atoms with Crippen LogP contribution in [0.4, 0.5) is 5.82 Å². The number of hydrogen-bond acceptors (Lipinski definition) is 4. The summed E-state index contributed by atoms with van der Waals surface area (Å²) in [6, 6.07) is 0.